The second-order valence-corrected chi connectivity index (χ2v) is 7.91. The Bertz CT molecular complexity index is 378. The molecule has 2 aliphatic rings. The van der Waals surface area contributed by atoms with Crippen LogP contribution in [-0.4, -0.2) is 42.6 Å². The van der Waals surface area contributed by atoms with Crippen LogP contribution in [0.3, 0.4) is 0 Å². The summed E-state index contributed by atoms with van der Waals surface area (Å²) < 4.78 is 6.10. The van der Waals surface area contributed by atoms with Gasteiger partial charge in [0.2, 0.25) is 5.91 Å². The van der Waals surface area contributed by atoms with Gasteiger partial charge in [0.05, 0.1) is 6.10 Å². The van der Waals surface area contributed by atoms with Crippen molar-refractivity contribution >= 4 is 18.3 Å². The topological polar surface area (TPSA) is 55.6 Å². The number of ether oxygens (including phenoxy) is 1. The Labute approximate surface area is 147 Å². The Kier molecular flexibility index (Phi) is 8.32. The zero-order chi connectivity index (χ0) is 16.3. The molecule has 0 aromatic carbocycles. The Morgan fingerprint density at radius 1 is 1.26 bits per heavy atom. The van der Waals surface area contributed by atoms with Gasteiger partial charge in [0, 0.05) is 12.6 Å². The van der Waals surface area contributed by atoms with Gasteiger partial charge in [-0.1, -0.05) is 27.2 Å². The van der Waals surface area contributed by atoms with Crippen molar-refractivity contribution in [3.63, 3.8) is 0 Å². The molecule has 1 saturated heterocycles. The number of nitrogens with zero attached hydrogens (tertiary/aromatic N) is 1. The molecule has 1 aliphatic carbocycles. The van der Waals surface area contributed by atoms with Crippen LogP contribution in [0.2, 0.25) is 0 Å². The molecular weight excluding hydrogens is 312 g/mol. The average Bonchev–Trinajstić information content (AvgIpc) is 2.85. The monoisotopic (exact) mass is 346 g/mol. The van der Waals surface area contributed by atoms with Crippen molar-refractivity contribution in [3.8, 4) is 0 Å². The van der Waals surface area contributed by atoms with E-state index in [9.17, 15) is 4.79 Å². The van der Waals surface area contributed by atoms with Crippen molar-refractivity contribution in [2.75, 3.05) is 19.7 Å². The molecule has 1 saturated carbocycles. The molecule has 0 radical (unpaired) electrons. The third-order valence-electron chi connectivity index (χ3n) is 5.70. The first-order valence-electron chi connectivity index (χ1n) is 9.03. The van der Waals surface area contributed by atoms with E-state index < -0.39 is 0 Å². The van der Waals surface area contributed by atoms with E-state index in [4.69, 9.17) is 10.5 Å². The lowest BCUT2D eigenvalue weighted by Crippen LogP contribution is -2.40. The van der Waals surface area contributed by atoms with E-state index >= 15 is 0 Å². The molecule has 2 N–H and O–H groups in total. The molecule has 0 aromatic heterocycles. The summed E-state index contributed by atoms with van der Waals surface area (Å²) >= 11 is 0. The SMILES string of the molecule is CC1CCC(C(C)C)C(OCC(=O)N2CC(CN)CC2C)C1.Cl. The van der Waals surface area contributed by atoms with Gasteiger partial charge < -0.3 is 15.4 Å². The lowest BCUT2D eigenvalue weighted by molar-refractivity contribution is -0.142. The number of nitrogens with two attached hydrogens (primary N) is 1. The first-order valence-corrected chi connectivity index (χ1v) is 9.03. The molecule has 5 atom stereocenters. The number of rotatable bonds is 5. The molecule has 23 heavy (non-hydrogen) atoms. The smallest absolute Gasteiger partial charge is 0.248 e. The molecule has 2 rings (SSSR count). The van der Waals surface area contributed by atoms with Gasteiger partial charge in [-0.2, -0.15) is 0 Å². The molecular formula is C18H35ClN2O2. The van der Waals surface area contributed by atoms with E-state index in [-0.39, 0.29) is 31.0 Å². The largest absolute Gasteiger partial charge is 0.368 e. The van der Waals surface area contributed by atoms with E-state index in [0.29, 0.717) is 36.3 Å². The van der Waals surface area contributed by atoms with Crippen molar-refractivity contribution < 1.29 is 9.53 Å². The van der Waals surface area contributed by atoms with E-state index in [1.165, 1.54) is 12.8 Å². The Balaban J connectivity index is 0.00000264. The molecule has 1 heterocycles. The van der Waals surface area contributed by atoms with Crippen LogP contribution in [-0.2, 0) is 9.53 Å². The normalized spacial score (nSPS) is 34.5. The lowest BCUT2D eigenvalue weighted by Gasteiger charge is -2.37. The van der Waals surface area contributed by atoms with Gasteiger partial charge in [-0.25, -0.2) is 0 Å². The van der Waals surface area contributed by atoms with Crippen molar-refractivity contribution in [1.29, 1.82) is 0 Å². The third kappa shape index (κ3) is 5.33. The summed E-state index contributed by atoms with van der Waals surface area (Å²) in [7, 11) is 0. The van der Waals surface area contributed by atoms with Crippen molar-refractivity contribution in [2.45, 2.75) is 65.5 Å². The number of likely N-dealkylation sites (tertiary alicyclic amines) is 1. The van der Waals surface area contributed by atoms with Gasteiger partial charge in [-0.3, -0.25) is 4.79 Å². The second-order valence-electron chi connectivity index (χ2n) is 7.91. The maximum atomic E-state index is 12.5. The number of hydrogen-bond acceptors (Lipinski definition) is 3. The van der Waals surface area contributed by atoms with E-state index in [1.807, 2.05) is 4.90 Å². The molecule has 0 spiro atoms. The third-order valence-corrected chi connectivity index (χ3v) is 5.70. The van der Waals surface area contributed by atoms with Gasteiger partial charge >= 0.3 is 0 Å². The van der Waals surface area contributed by atoms with Crippen LogP contribution in [0.1, 0.15) is 53.4 Å². The average molecular weight is 347 g/mol. The highest BCUT2D eigenvalue weighted by atomic mass is 35.5. The van der Waals surface area contributed by atoms with Gasteiger partial charge in [0.15, 0.2) is 0 Å². The lowest BCUT2D eigenvalue weighted by atomic mass is 9.75. The van der Waals surface area contributed by atoms with Crippen molar-refractivity contribution in [3.05, 3.63) is 0 Å². The van der Waals surface area contributed by atoms with E-state index in [2.05, 4.69) is 27.7 Å². The van der Waals surface area contributed by atoms with E-state index in [1.54, 1.807) is 0 Å². The number of carbonyl (C=O) groups excluding carboxylic acids is 1. The fraction of sp³-hybridized carbons (Fsp3) is 0.944. The summed E-state index contributed by atoms with van der Waals surface area (Å²) in [6, 6.07) is 0.302. The number of halogens is 1. The molecule has 0 aromatic rings. The summed E-state index contributed by atoms with van der Waals surface area (Å²) in [5.74, 6) is 2.53. The van der Waals surface area contributed by atoms with E-state index in [0.717, 1.165) is 19.4 Å². The van der Waals surface area contributed by atoms with Gasteiger partial charge in [-0.05, 0) is 56.4 Å². The van der Waals surface area contributed by atoms with Crippen LogP contribution in [0.25, 0.3) is 0 Å². The van der Waals surface area contributed by atoms with Crippen molar-refractivity contribution in [2.24, 2.45) is 29.4 Å². The van der Waals surface area contributed by atoms with Gasteiger partial charge in [0.25, 0.3) is 0 Å². The molecule has 5 unspecified atom stereocenters. The fourth-order valence-corrected chi connectivity index (χ4v) is 4.23. The van der Waals surface area contributed by atoms with Crippen LogP contribution in [0.4, 0.5) is 0 Å². The standard InChI is InChI=1S/C18H34N2O2.ClH/c1-12(2)16-6-5-13(3)7-17(16)22-11-18(21)20-10-15(9-19)8-14(20)4;/h12-17H,5-11,19H2,1-4H3;1H. The molecule has 4 nitrogen and oxygen atoms in total. The summed E-state index contributed by atoms with van der Waals surface area (Å²) in [5, 5.41) is 0. The Morgan fingerprint density at radius 2 is 1.96 bits per heavy atom. The summed E-state index contributed by atoms with van der Waals surface area (Å²) in [6.07, 6.45) is 4.88. The molecule has 1 amide bonds. The maximum Gasteiger partial charge on any atom is 0.248 e. The second kappa shape index (κ2) is 9.24. The van der Waals surface area contributed by atoms with Gasteiger partial charge in [0.1, 0.15) is 6.61 Å². The van der Waals surface area contributed by atoms with Crippen molar-refractivity contribution in [1.82, 2.24) is 4.90 Å². The zero-order valence-corrected chi connectivity index (χ0v) is 16.0. The highest BCUT2D eigenvalue weighted by Gasteiger charge is 2.34. The number of amides is 1. The van der Waals surface area contributed by atoms with Crippen LogP contribution >= 0.6 is 12.4 Å². The summed E-state index contributed by atoms with van der Waals surface area (Å²) in [5.41, 5.74) is 5.75. The van der Waals surface area contributed by atoms with Crippen LogP contribution in [0, 0.1) is 23.7 Å². The summed E-state index contributed by atoms with van der Waals surface area (Å²) in [4.78, 5) is 14.4. The molecule has 0 bridgehead atoms. The minimum Gasteiger partial charge on any atom is -0.368 e. The zero-order valence-electron chi connectivity index (χ0n) is 15.2. The number of carbonyl (C=O) groups is 1. The highest BCUT2D eigenvalue weighted by Crippen LogP contribution is 2.35. The Morgan fingerprint density at radius 3 is 2.52 bits per heavy atom. The molecule has 2 fully saturated rings. The van der Waals surface area contributed by atoms with Crippen LogP contribution in [0.15, 0.2) is 0 Å². The first kappa shape index (κ1) is 20.7. The predicted octanol–water partition coefficient (Wildman–Crippen LogP) is 3.08. The quantitative estimate of drug-likeness (QED) is 0.832. The maximum absolute atomic E-state index is 12.5. The molecule has 5 heteroatoms. The Hall–Kier alpha value is -0.320. The fourth-order valence-electron chi connectivity index (χ4n) is 4.23. The molecule has 1 aliphatic heterocycles. The summed E-state index contributed by atoms with van der Waals surface area (Å²) in [6.45, 7) is 10.7. The van der Waals surface area contributed by atoms with Crippen LogP contribution in [0.5, 0.6) is 0 Å². The number of hydrogen-bond donors (Lipinski definition) is 1. The molecule has 136 valence electrons. The van der Waals surface area contributed by atoms with Crippen LogP contribution < -0.4 is 5.73 Å². The predicted molar refractivity (Wildman–Crippen MR) is 96.7 cm³/mol. The van der Waals surface area contributed by atoms with Gasteiger partial charge in [-0.15, -0.1) is 12.4 Å². The first-order chi connectivity index (χ1) is 10.4. The minimum atomic E-state index is 0. The minimum absolute atomic E-state index is 0. The highest BCUT2D eigenvalue weighted by molar-refractivity contribution is 5.85.